The summed E-state index contributed by atoms with van der Waals surface area (Å²) in [5, 5.41) is 10.4. The van der Waals surface area contributed by atoms with E-state index in [2.05, 4.69) is 25.3 Å². The summed E-state index contributed by atoms with van der Waals surface area (Å²) in [6.45, 7) is 3.63. The van der Waals surface area contributed by atoms with Gasteiger partial charge in [0, 0.05) is 31.5 Å². The largest absolute Gasteiger partial charge is 0.335 e. The van der Waals surface area contributed by atoms with E-state index in [-0.39, 0.29) is 12.1 Å². The van der Waals surface area contributed by atoms with Crippen molar-refractivity contribution in [2.24, 2.45) is 5.92 Å². The summed E-state index contributed by atoms with van der Waals surface area (Å²) in [6.07, 6.45) is 8.76. The highest BCUT2D eigenvalue weighted by molar-refractivity contribution is 5.88. The molecule has 1 saturated carbocycles. The third kappa shape index (κ3) is 4.60. The Kier molecular flexibility index (Phi) is 5.41. The summed E-state index contributed by atoms with van der Waals surface area (Å²) in [6, 6.07) is 11.6. The van der Waals surface area contributed by atoms with Gasteiger partial charge < -0.3 is 9.88 Å². The highest BCUT2D eigenvalue weighted by Crippen LogP contribution is 2.31. The van der Waals surface area contributed by atoms with E-state index in [9.17, 15) is 4.79 Å². The van der Waals surface area contributed by atoms with E-state index in [1.54, 1.807) is 12.4 Å². The predicted octanol–water partition coefficient (Wildman–Crippen LogP) is 3.75. The van der Waals surface area contributed by atoms with Crippen LogP contribution in [-0.4, -0.2) is 25.4 Å². The smallest absolute Gasteiger partial charge is 0.320 e. The summed E-state index contributed by atoms with van der Waals surface area (Å²) in [5.41, 5.74) is 1.09. The molecule has 1 fully saturated rings. The van der Waals surface area contributed by atoms with E-state index in [1.807, 2.05) is 54.2 Å². The molecule has 0 saturated heterocycles. The Balaban J connectivity index is 1.42. The molecule has 2 aromatic heterocycles. The molecule has 146 valence electrons. The number of amides is 2. The highest BCUT2D eigenvalue weighted by Gasteiger charge is 2.23. The summed E-state index contributed by atoms with van der Waals surface area (Å²) in [5.74, 6) is 2.40. The average molecular weight is 378 g/mol. The van der Waals surface area contributed by atoms with Crippen molar-refractivity contribution in [2.75, 3.05) is 5.32 Å². The van der Waals surface area contributed by atoms with Gasteiger partial charge in [0.05, 0.1) is 12.2 Å². The van der Waals surface area contributed by atoms with Gasteiger partial charge in [0.2, 0.25) is 0 Å². The molecule has 1 aromatic carbocycles. The van der Waals surface area contributed by atoms with Crippen LogP contribution < -0.4 is 10.6 Å². The number of hydrogen-bond acceptors (Lipinski definition) is 3. The molecule has 7 nitrogen and oxygen atoms in total. The minimum Gasteiger partial charge on any atom is -0.335 e. The summed E-state index contributed by atoms with van der Waals surface area (Å²) in [7, 11) is 0. The fraction of sp³-hybridized carbons (Fsp3) is 0.381. The van der Waals surface area contributed by atoms with Gasteiger partial charge in [0.25, 0.3) is 0 Å². The minimum atomic E-state index is -0.214. The maximum Gasteiger partial charge on any atom is 0.320 e. The Morgan fingerprint density at radius 3 is 2.75 bits per heavy atom. The number of rotatable bonds is 8. The molecule has 2 heterocycles. The Hall–Kier alpha value is -3.09. The lowest BCUT2D eigenvalue weighted by Gasteiger charge is -2.20. The van der Waals surface area contributed by atoms with Crippen molar-refractivity contribution < 1.29 is 4.79 Å². The molecule has 0 unspecified atom stereocenters. The molecule has 1 aliphatic carbocycles. The standard InChI is InChI=1S/C21H26N6O/c1-16-22-12-14-26(16)13-10-19(18-5-3-2-4-6-18)24-21(28)25-20-9-11-23-27(20)15-17-7-8-17/h2-6,9,11-12,14,17,19H,7-8,10,13,15H2,1H3,(H2,24,25,28)/t19-/m0/s1. The lowest BCUT2D eigenvalue weighted by molar-refractivity contribution is 0.247. The van der Waals surface area contributed by atoms with E-state index in [1.165, 1.54) is 12.8 Å². The first-order valence-corrected chi connectivity index (χ1v) is 9.81. The van der Waals surface area contributed by atoms with Crippen molar-refractivity contribution in [3.05, 3.63) is 66.4 Å². The number of hydrogen-bond donors (Lipinski definition) is 2. The van der Waals surface area contributed by atoms with Gasteiger partial charge in [-0.05, 0) is 37.7 Å². The third-order valence-electron chi connectivity index (χ3n) is 5.18. The van der Waals surface area contributed by atoms with Crippen LogP contribution in [0.3, 0.4) is 0 Å². The molecule has 0 radical (unpaired) electrons. The maximum atomic E-state index is 12.7. The first-order chi connectivity index (χ1) is 13.7. The zero-order valence-electron chi connectivity index (χ0n) is 16.1. The molecular weight excluding hydrogens is 352 g/mol. The molecule has 1 atom stereocenters. The first kappa shape index (κ1) is 18.3. The molecule has 0 aliphatic heterocycles. The number of aryl methyl sites for hydroxylation is 2. The van der Waals surface area contributed by atoms with Crippen molar-refractivity contribution in [1.29, 1.82) is 0 Å². The number of urea groups is 1. The van der Waals surface area contributed by atoms with Gasteiger partial charge in [0.15, 0.2) is 0 Å². The number of aromatic nitrogens is 4. The summed E-state index contributed by atoms with van der Waals surface area (Å²) in [4.78, 5) is 17.0. The Labute approximate surface area is 164 Å². The van der Waals surface area contributed by atoms with Crippen molar-refractivity contribution in [3.8, 4) is 0 Å². The zero-order chi connectivity index (χ0) is 19.3. The highest BCUT2D eigenvalue weighted by atomic mass is 16.2. The SMILES string of the molecule is Cc1nccn1CC[C@H](NC(=O)Nc1ccnn1CC1CC1)c1ccccc1. The lowest BCUT2D eigenvalue weighted by Crippen LogP contribution is -2.34. The number of carbonyl (C=O) groups excluding carboxylic acids is 1. The van der Waals surface area contributed by atoms with Crippen LogP contribution >= 0.6 is 0 Å². The van der Waals surface area contributed by atoms with Crippen LogP contribution in [0.2, 0.25) is 0 Å². The average Bonchev–Trinajstić information content (AvgIpc) is 3.27. The monoisotopic (exact) mass is 378 g/mol. The molecule has 0 bridgehead atoms. The quantitative estimate of drug-likeness (QED) is 0.627. The number of carbonyl (C=O) groups is 1. The van der Waals surface area contributed by atoms with Gasteiger partial charge in [-0.2, -0.15) is 5.10 Å². The minimum absolute atomic E-state index is 0.0946. The van der Waals surface area contributed by atoms with Crippen molar-refractivity contribution in [1.82, 2.24) is 24.6 Å². The number of nitrogens with zero attached hydrogens (tertiary/aromatic N) is 4. The van der Waals surface area contributed by atoms with Crippen LogP contribution in [0.4, 0.5) is 10.6 Å². The van der Waals surface area contributed by atoms with Crippen LogP contribution in [0.5, 0.6) is 0 Å². The van der Waals surface area contributed by atoms with Gasteiger partial charge in [0.1, 0.15) is 11.6 Å². The van der Waals surface area contributed by atoms with E-state index < -0.39 is 0 Å². The van der Waals surface area contributed by atoms with Gasteiger partial charge in [-0.15, -0.1) is 0 Å². The third-order valence-corrected chi connectivity index (χ3v) is 5.18. The van der Waals surface area contributed by atoms with E-state index in [0.29, 0.717) is 5.92 Å². The lowest BCUT2D eigenvalue weighted by atomic mass is 10.0. The molecule has 1 aliphatic rings. The van der Waals surface area contributed by atoms with E-state index >= 15 is 0 Å². The number of imidazole rings is 1. The normalized spacial score (nSPS) is 14.6. The van der Waals surface area contributed by atoms with Gasteiger partial charge in [-0.25, -0.2) is 14.5 Å². The van der Waals surface area contributed by atoms with E-state index in [4.69, 9.17) is 0 Å². The zero-order valence-corrected chi connectivity index (χ0v) is 16.1. The fourth-order valence-corrected chi connectivity index (χ4v) is 3.36. The van der Waals surface area contributed by atoms with Crippen molar-refractivity contribution in [2.45, 2.75) is 45.3 Å². The number of nitrogens with one attached hydrogen (secondary N) is 2. The molecule has 3 aromatic rings. The molecule has 4 rings (SSSR count). The second kappa shape index (κ2) is 8.29. The molecule has 2 N–H and O–H groups in total. The second-order valence-corrected chi connectivity index (χ2v) is 7.36. The van der Waals surface area contributed by atoms with Crippen LogP contribution in [0.15, 0.2) is 55.0 Å². The number of anilines is 1. The van der Waals surface area contributed by atoms with Crippen LogP contribution in [0.1, 0.15) is 36.7 Å². The van der Waals surface area contributed by atoms with Crippen molar-refractivity contribution in [3.63, 3.8) is 0 Å². The molecule has 7 heteroatoms. The molecule has 2 amide bonds. The van der Waals surface area contributed by atoms with Crippen molar-refractivity contribution >= 4 is 11.8 Å². The molecule has 0 spiro atoms. The maximum absolute atomic E-state index is 12.7. The topological polar surface area (TPSA) is 76.8 Å². The Morgan fingerprint density at radius 2 is 2.04 bits per heavy atom. The second-order valence-electron chi connectivity index (χ2n) is 7.36. The molecule has 28 heavy (non-hydrogen) atoms. The number of benzene rings is 1. The Bertz CT molecular complexity index is 912. The van der Waals surface area contributed by atoms with Crippen LogP contribution in [0.25, 0.3) is 0 Å². The van der Waals surface area contributed by atoms with Gasteiger partial charge in [-0.3, -0.25) is 5.32 Å². The van der Waals surface area contributed by atoms with Crippen LogP contribution in [0, 0.1) is 12.8 Å². The predicted molar refractivity (Wildman–Crippen MR) is 108 cm³/mol. The Morgan fingerprint density at radius 1 is 1.21 bits per heavy atom. The van der Waals surface area contributed by atoms with Gasteiger partial charge >= 0.3 is 6.03 Å². The summed E-state index contributed by atoms with van der Waals surface area (Å²) >= 11 is 0. The van der Waals surface area contributed by atoms with Gasteiger partial charge in [-0.1, -0.05) is 30.3 Å². The first-order valence-electron chi connectivity index (χ1n) is 9.81. The molecular formula is C21H26N6O. The summed E-state index contributed by atoms with van der Waals surface area (Å²) < 4.78 is 3.98. The van der Waals surface area contributed by atoms with Crippen LogP contribution in [-0.2, 0) is 13.1 Å². The fourth-order valence-electron chi connectivity index (χ4n) is 3.36. The van der Waals surface area contributed by atoms with E-state index in [0.717, 1.165) is 36.7 Å².